The summed E-state index contributed by atoms with van der Waals surface area (Å²) in [6.45, 7) is 8.31. The molecule has 0 saturated carbocycles. The van der Waals surface area contributed by atoms with Gasteiger partial charge in [-0.05, 0) is 0 Å². The molecule has 0 spiro atoms. The van der Waals surface area contributed by atoms with Crippen LogP contribution in [0.25, 0.3) is 0 Å². The number of hydrogen-bond acceptors (Lipinski definition) is 3. The normalized spacial score (nSPS) is 13.4. The van der Waals surface area contributed by atoms with Gasteiger partial charge in [0.2, 0.25) is 0 Å². The first kappa shape index (κ1) is 41.3. The Balaban J connectivity index is 5.58. The fourth-order valence-corrected chi connectivity index (χ4v) is 16.8. The third kappa shape index (κ3) is 21.6. The molecular weight excluding hydrogens is 543 g/mol. The molecule has 0 bridgehead atoms. The van der Waals surface area contributed by atoms with Crippen molar-refractivity contribution in [2.75, 3.05) is 30.4 Å². The predicted molar refractivity (Wildman–Crippen MR) is 190 cm³/mol. The summed E-state index contributed by atoms with van der Waals surface area (Å²) in [4.78, 5) is 0. The van der Waals surface area contributed by atoms with Crippen molar-refractivity contribution >= 4 is 16.9 Å². The Labute approximate surface area is 260 Å². The molecule has 250 valence electrons. The topological polar surface area (TPSA) is 43.4 Å². The molecule has 0 heterocycles. The second-order valence-electron chi connectivity index (χ2n) is 13.5. The van der Waals surface area contributed by atoms with E-state index >= 15 is 0 Å². The molecule has 41 heavy (non-hydrogen) atoms. The molecule has 0 aliphatic rings. The Morgan fingerprint density at radius 1 is 0.366 bits per heavy atom. The summed E-state index contributed by atoms with van der Waals surface area (Å²) in [5.74, 6) is 0.207. The third-order valence-corrected chi connectivity index (χ3v) is 18.6. The molecule has 0 atom stereocenters. The predicted octanol–water partition coefficient (Wildman–Crippen LogP) is 13.0. The van der Waals surface area contributed by atoms with E-state index in [0.29, 0.717) is 0 Å². The summed E-state index contributed by atoms with van der Waals surface area (Å²) in [5.41, 5.74) is 0. The third-order valence-electron chi connectivity index (χ3n) is 9.38. The molecule has 0 rings (SSSR count). The Morgan fingerprint density at radius 2 is 0.610 bits per heavy atom. The van der Waals surface area contributed by atoms with E-state index < -0.39 is 16.9 Å². The van der Waals surface area contributed by atoms with Crippen LogP contribution in [0.15, 0.2) is 0 Å². The fraction of sp³-hybridized carbons (Fsp3) is 1.00. The zero-order valence-electron chi connectivity index (χ0n) is 29.0. The van der Waals surface area contributed by atoms with Gasteiger partial charge >= 0.3 is 248 Å². The van der Waals surface area contributed by atoms with Crippen LogP contribution in [0, 0.1) is 0 Å². The standard InChI is InChI=1S/C36H77O3PS/c1-6-11-16-20-21-22-23-24-25-26-27-31-35-40(32-28-17-12-7-2,33-29-18-13-8-3,34-30-19-14-9-4)39-41(37,38)36-15-10-5/h6-36H2,1-5H3. The van der Waals surface area contributed by atoms with Crippen molar-refractivity contribution in [1.82, 2.24) is 0 Å². The van der Waals surface area contributed by atoms with Crippen LogP contribution in [0.2, 0.25) is 0 Å². The minimum absolute atomic E-state index is 0.207. The molecule has 0 fully saturated rings. The molecule has 0 aliphatic heterocycles. The molecule has 0 aliphatic carbocycles. The molecule has 0 aromatic heterocycles. The van der Waals surface area contributed by atoms with Crippen molar-refractivity contribution in [3.05, 3.63) is 0 Å². The zero-order chi connectivity index (χ0) is 30.6. The molecule has 5 heteroatoms. The van der Waals surface area contributed by atoms with E-state index in [0.717, 1.165) is 63.2 Å². The molecule has 0 amide bonds. The van der Waals surface area contributed by atoms with Gasteiger partial charge in [-0.1, -0.05) is 13.3 Å². The van der Waals surface area contributed by atoms with Gasteiger partial charge in [0.15, 0.2) is 0 Å². The van der Waals surface area contributed by atoms with Crippen LogP contribution in [0.3, 0.4) is 0 Å². The number of hydrogen-bond donors (Lipinski definition) is 0. The summed E-state index contributed by atoms with van der Waals surface area (Å²) >= 11 is 0. The van der Waals surface area contributed by atoms with E-state index in [1.54, 1.807) is 0 Å². The van der Waals surface area contributed by atoms with E-state index in [1.807, 2.05) is 0 Å². The van der Waals surface area contributed by atoms with Crippen molar-refractivity contribution in [2.45, 2.75) is 202 Å². The van der Waals surface area contributed by atoms with Crippen molar-refractivity contribution in [3.8, 4) is 0 Å². The van der Waals surface area contributed by atoms with Crippen LogP contribution in [-0.2, 0) is 14.1 Å². The Bertz CT molecular complexity index is 630. The van der Waals surface area contributed by atoms with E-state index in [4.69, 9.17) is 3.97 Å². The maximum absolute atomic E-state index is 13.6. The van der Waals surface area contributed by atoms with E-state index in [9.17, 15) is 8.42 Å². The Hall–Kier alpha value is 0.340. The van der Waals surface area contributed by atoms with Crippen molar-refractivity contribution in [1.29, 1.82) is 0 Å². The van der Waals surface area contributed by atoms with Gasteiger partial charge < -0.3 is 0 Å². The van der Waals surface area contributed by atoms with Gasteiger partial charge in [0.1, 0.15) is 0 Å². The monoisotopic (exact) mass is 621 g/mol. The van der Waals surface area contributed by atoms with Gasteiger partial charge in [-0.3, -0.25) is 0 Å². The molecule has 0 aromatic rings. The molecule has 3 nitrogen and oxygen atoms in total. The summed E-state index contributed by atoms with van der Waals surface area (Å²) in [7, 11) is -3.50. The molecule has 0 saturated heterocycles. The first-order chi connectivity index (χ1) is 19.8. The quantitative estimate of drug-likeness (QED) is 0.0541. The van der Waals surface area contributed by atoms with Crippen LogP contribution in [-0.4, -0.2) is 38.8 Å². The Morgan fingerprint density at radius 3 is 0.902 bits per heavy atom. The second kappa shape index (κ2) is 26.7. The van der Waals surface area contributed by atoms with E-state index in [1.165, 1.54) is 128 Å². The van der Waals surface area contributed by atoms with Crippen LogP contribution in [0.5, 0.6) is 0 Å². The molecule has 0 aromatic carbocycles. The zero-order valence-corrected chi connectivity index (χ0v) is 30.7. The Kier molecular flexibility index (Phi) is 26.9. The van der Waals surface area contributed by atoms with Crippen molar-refractivity contribution < 1.29 is 12.4 Å². The first-order valence-corrected chi connectivity index (χ1v) is 23.2. The van der Waals surface area contributed by atoms with Crippen LogP contribution in [0.1, 0.15) is 202 Å². The number of unbranched alkanes of at least 4 members (excludes halogenated alkanes) is 21. The van der Waals surface area contributed by atoms with Gasteiger partial charge in [0.05, 0.1) is 0 Å². The fourth-order valence-electron chi connectivity index (χ4n) is 6.67. The molecular formula is C36H77O3PS. The maximum atomic E-state index is 13.6. The van der Waals surface area contributed by atoms with Crippen molar-refractivity contribution in [2.24, 2.45) is 0 Å². The minimum atomic E-state index is -3.50. The van der Waals surface area contributed by atoms with Crippen LogP contribution >= 0.6 is 6.83 Å². The molecule has 0 N–H and O–H groups in total. The van der Waals surface area contributed by atoms with Gasteiger partial charge in [-0.2, -0.15) is 0 Å². The van der Waals surface area contributed by atoms with E-state index in [-0.39, 0.29) is 5.75 Å². The van der Waals surface area contributed by atoms with Crippen LogP contribution in [0.4, 0.5) is 0 Å². The second-order valence-corrected chi connectivity index (χ2v) is 21.1. The van der Waals surface area contributed by atoms with Gasteiger partial charge in [-0.15, -0.1) is 0 Å². The summed E-state index contributed by atoms with van der Waals surface area (Å²) in [6, 6.07) is 0. The van der Waals surface area contributed by atoms with Crippen molar-refractivity contribution in [3.63, 3.8) is 0 Å². The average molecular weight is 621 g/mol. The van der Waals surface area contributed by atoms with Gasteiger partial charge in [-0.25, -0.2) is 0 Å². The summed E-state index contributed by atoms with van der Waals surface area (Å²) in [5, 5.41) is 0. The van der Waals surface area contributed by atoms with Gasteiger partial charge in [0.25, 0.3) is 0 Å². The average Bonchev–Trinajstić information content (AvgIpc) is 2.95. The van der Waals surface area contributed by atoms with Gasteiger partial charge in [0, 0.05) is 0 Å². The SMILES string of the molecule is CCCCCCCCCCCCCCP(CCCCCC)(CCCCCC)(CCCCCC)OS(=O)(=O)CCCC. The number of rotatable bonds is 33. The van der Waals surface area contributed by atoms with Crippen LogP contribution < -0.4 is 0 Å². The molecule has 0 radical (unpaired) electrons. The van der Waals surface area contributed by atoms with E-state index in [2.05, 4.69) is 34.6 Å². The molecule has 0 unspecified atom stereocenters. The first-order valence-electron chi connectivity index (χ1n) is 18.8. The summed E-state index contributed by atoms with van der Waals surface area (Å²) < 4.78 is 34.1. The summed E-state index contributed by atoms with van der Waals surface area (Å²) in [6.07, 6.45) is 36.5.